The summed E-state index contributed by atoms with van der Waals surface area (Å²) >= 11 is 0.498. The number of alkyl halides is 2. The number of halogens is 2. The van der Waals surface area contributed by atoms with Gasteiger partial charge < -0.3 is 10.6 Å². The maximum Gasteiger partial charge on any atom is 0.288 e. The molecule has 3 rings (SSSR count). The van der Waals surface area contributed by atoms with Crippen LogP contribution in [0.4, 0.5) is 25.8 Å². The summed E-state index contributed by atoms with van der Waals surface area (Å²) in [5.41, 5.74) is 3.67. The van der Waals surface area contributed by atoms with E-state index < -0.39 is 5.76 Å². The van der Waals surface area contributed by atoms with Crippen LogP contribution in [0.15, 0.2) is 77.7 Å². The highest BCUT2D eigenvalue weighted by Crippen LogP contribution is 2.28. The molecule has 0 spiro atoms. The molecule has 3 aromatic carbocycles. The molecule has 0 aliphatic rings. The van der Waals surface area contributed by atoms with Gasteiger partial charge in [-0.1, -0.05) is 41.6 Å². The van der Waals surface area contributed by atoms with Crippen molar-refractivity contribution in [1.29, 1.82) is 0 Å². The zero-order valence-electron chi connectivity index (χ0n) is 14.6. The minimum atomic E-state index is -2.45. The Bertz CT molecular complexity index is 912. The Morgan fingerprint density at radius 1 is 0.889 bits per heavy atom. The van der Waals surface area contributed by atoms with Crippen LogP contribution < -0.4 is 10.6 Å². The number of benzene rings is 3. The molecular formula is C21H18F2N2OS. The number of anilines is 3. The molecule has 27 heavy (non-hydrogen) atoms. The Kier molecular flexibility index (Phi) is 6.08. The van der Waals surface area contributed by atoms with Crippen LogP contribution >= 0.6 is 11.8 Å². The predicted molar refractivity (Wildman–Crippen MR) is 107 cm³/mol. The van der Waals surface area contributed by atoms with E-state index in [-0.39, 0.29) is 5.91 Å². The molecule has 0 fully saturated rings. The van der Waals surface area contributed by atoms with Crippen molar-refractivity contribution in [3.05, 3.63) is 83.9 Å². The second-order valence-corrected chi connectivity index (χ2v) is 6.96. The zero-order valence-corrected chi connectivity index (χ0v) is 15.4. The van der Waals surface area contributed by atoms with Crippen molar-refractivity contribution in [2.45, 2.75) is 17.6 Å². The molecule has 0 atom stereocenters. The third-order valence-corrected chi connectivity index (χ3v) is 4.56. The van der Waals surface area contributed by atoms with Gasteiger partial charge in [-0.05, 0) is 55.5 Å². The maximum absolute atomic E-state index is 12.6. The number of para-hydroxylation sites is 1. The molecule has 0 heterocycles. The molecule has 0 aliphatic heterocycles. The fourth-order valence-electron chi connectivity index (χ4n) is 2.50. The fourth-order valence-corrected chi connectivity index (χ4v) is 3.00. The third kappa shape index (κ3) is 5.31. The minimum Gasteiger partial charge on any atom is -0.355 e. The van der Waals surface area contributed by atoms with Gasteiger partial charge in [0.2, 0.25) is 0 Å². The van der Waals surface area contributed by atoms with Crippen molar-refractivity contribution in [3.8, 4) is 0 Å². The van der Waals surface area contributed by atoms with Gasteiger partial charge in [-0.15, -0.1) is 0 Å². The van der Waals surface area contributed by atoms with Gasteiger partial charge in [0.15, 0.2) is 0 Å². The lowest BCUT2D eigenvalue weighted by Gasteiger charge is -2.13. The van der Waals surface area contributed by atoms with Gasteiger partial charge in [0, 0.05) is 16.3 Å². The molecule has 2 N–H and O–H groups in total. The van der Waals surface area contributed by atoms with Crippen LogP contribution in [-0.4, -0.2) is 11.7 Å². The Balaban J connectivity index is 1.75. The Morgan fingerprint density at radius 3 is 2.19 bits per heavy atom. The molecule has 138 valence electrons. The second-order valence-electron chi connectivity index (χ2n) is 5.89. The molecule has 0 aliphatic carbocycles. The van der Waals surface area contributed by atoms with E-state index >= 15 is 0 Å². The highest BCUT2D eigenvalue weighted by atomic mass is 32.2. The lowest BCUT2D eigenvalue weighted by Crippen LogP contribution is -2.13. The molecule has 0 radical (unpaired) electrons. The second kappa shape index (κ2) is 8.68. The average molecular weight is 384 g/mol. The van der Waals surface area contributed by atoms with E-state index in [1.165, 1.54) is 0 Å². The highest BCUT2D eigenvalue weighted by molar-refractivity contribution is 7.99. The summed E-state index contributed by atoms with van der Waals surface area (Å²) in [4.78, 5) is 13.1. The monoisotopic (exact) mass is 384 g/mol. The number of hydrogen-bond acceptors (Lipinski definition) is 3. The van der Waals surface area contributed by atoms with Gasteiger partial charge in [-0.3, -0.25) is 4.79 Å². The van der Waals surface area contributed by atoms with E-state index in [9.17, 15) is 13.6 Å². The molecule has 0 bridgehead atoms. The van der Waals surface area contributed by atoms with Crippen LogP contribution in [0.25, 0.3) is 0 Å². The van der Waals surface area contributed by atoms with Gasteiger partial charge in [0.05, 0.1) is 11.3 Å². The summed E-state index contributed by atoms with van der Waals surface area (Å²) in [6, 6.07) is 21.4. The normalized spacial score (nSPS) is 10.7. The van der Waals surface area contributed by atoms with Crippen LogP contribution in [0, 0.1) is 6.92 Å². The van der Waals surface area contributed by atoms with Crippen LogP contribution in [0.1, 0.15) is 15.9 Å². The van der Waals surface area contributed by atoms with Crippen molar-refractivity contribution in [1.82, 2.24) is 0 Å². The average Bonchev–Trinajstić information content (AvgIpc) is 2.65. The number of carbonyl (C=O) groups is 1. The summed E-state index contributed by atoms with van der Waals surface area (Å²) in [5, 5.41) is 6.05. The van der Waals surface area contributed by atoms with Crippen molar-refractivity contribution in [2.24, 2.45) is 0 Å². The molecule has 1 amide bonds. The van der Waals surface area contributed by atoms with E-state index in [1.54, 1.807) is 42.5 Å². The van der Waals surface area contributed by atoms with Gasteiger partial charge in [-0.25, -0.2) is 0 Å². The number of hydrogen-bond donors (Lipinski definition) is 2. The lowest BCUT2D eigenvalue weighted by atomic mass is 10.1. The first kappa shape index (κ1) is 18.9. The van der Waals surface area contributed by atoms with E-state index in [1.807, 2.05) is 37.3 Å². The zero-order chi connectivity index (χ0) is 19.2. The predicted octanol–water partition coefficient (Wildman–Crippen LogP) is 6.31. The summed E-state index contributed by atoms with van der Waals surface area (Å²) in [6.45, 7) is 1.98. The first-order valence-electron chi connectivity index (χ1n) is 8.30. The number of thioether (sulfide) groups is 1. The SMILES string of the molecule is Cc1ccc(NC(=O)c2ccccc2Nc2ccc(SC(F)F)cc2)cc1. The topological polar surface area (TPSA) is 41.1 Å². The molecule has 0 unspecified atom stereocenters. The van der Waals surface area contributed by atoms with Gasteiger partial charge in [0.1, 0.15) is 0 Å². The Hall–Kier alpha value is -2.86. The van der Waals surface area contributed by atoms with Crippen molar-refractivity contribution in [2.75, 3.05) is 10.6 Å². The van der Waals surface area contributed by atoms with E-state index in [4.69, 9.17) is 0 Å². The van der Waals surface area contributed by atoms with Gasteiger partial charge in [-0.2, -0.15) is 8.78 Å². The largest absolute Gasteiger partial charge is 0.355 e. The number of carbonyl (C=O) groups excluding carboxylic acids is 1. The molecule has 3 aromatic rings. The maximum atomic E-state index is 12.6. The van der Waals surface area contributed by atoms with Crippen molar-refractivity contribution < 1.29 is 13.6 Å². The molecule has 0 aromatic heterocycles. The summed E-state index contributed by atoms with van der Waals surface area (Å²) < 4.78 is 24.8. The van der Waals surface area contributed by atoms with Crippen LogP contribution in [0.2, 0.25) is 0 Å². The highest BCUT2D eigenvalue weighted by Gasteiger charge is 2.12. The quantitative estimate of drug-likeness (QED) is 0.490. The first-order chi connectivity index (χ1) is 13.0. The Morgan fingerprint density at radius 2 is 1.52 bits per heavy atom. The van der Waals surface area contributed by atoms with Crippen molar-refractivity contribution >= 4 is 34.7 Å². The minimum absolute atomic E-state index is 0.230. The van der Waals surface area contributed by atoms with E-state index in [0.717, 1.165) is 5.56 Å². The molecule has 0 saturated heterocycles. The standard InChI is InChI=1S/C21H18F2N2OS/c1-14-6-8-16(9-7-14)25-20(26)18-4-2-3-5-19(18)24-15-10-12-17(13-11-15)27-21(22)23/h2-13,21,24H,1H3,(H,25,26). The van der Waals surface area contributed by atoms with Crippen LogP contribution in [0.5, 0.6) is 0 Å². The fraction of sp³-hybridized carbons (Fsp3) is 0.0952. The van der Waals surface area contributed by atoms with Gasteiger partial charge in [0.25, 0.3) is 11.7 Å². The smallest absolute Gasteiger partial charge is 0.288 e. The summed E-state index contributed by atoms with van der Waals surface area (Å²) in [6.07, 6.45) is 0. The van der Waals surface area contributed by atoms with Crippen molar-refractivity contribution in [3.63, 3.8) is 0 Å². The lowest BCUT2D eigenvalue weighted by molar-refractivity contribution is 0.102. The third-order valence-electron chi connectivity index (χ3n) is 3.84. The van der Waals surface area contributed by atoms with Crippen LogP contribution in [0.3, 0.4) is 0 Å². The number of amides is 1. The van der Waals surface area contributed by atoms with E-state index in [2.05, 4.69) is 10.6 Å². The molecule has 0 saturated carbocycles. The molecule has 6 heteroatoms. The first-order valence-corrected chi connectivity index (χ1v) is 9.18. The van der Waals surface area contributed by atoms with Crippen LogP contribution in [-0.2, 0) is 0 Å². The Labute approximate surface area is 160 Å². The molecule has 3 nitrogen and oxygen atoms in total. The summed E-state index contributed by atoms with van der Waals surface area (Å²) in [7, 11) is 0. The number of nitrogens with one attached hydrogen (secondary N) is 2. The summed E-state index contributed by atoms with van der Waals surface area (Å²) in [5.74, 6) is -2.68. The van der Waals surface area contributed by atoms with E-state index in [0.29, 0.717) is 39.3 Å². The number of aryl methyl sites for hydroxylation is 1. The molecular weight excluding hydrogens is 366 g/mol. The van der Waals surface area contributed by atoms with Gasteiger partial charge >= 0.3 is 0 Å². The number of rotatable bonds is 6.